The van der Waals surface area contributed by atoms with E-state index in [0.29, 0.717) is 28.4 Å². The monoisotopic (exact) mass is 384 g/mol. The number of carbonyl (C=O) groups excluding carboxylic acids is 2. The van der Waals surface area contributed by atoms with Crippen molar-refractivity contribution in [3.05, 3.63) is 64.7 Å². The highest BCUT2D eigenvalue weighted by Gasteiger charge is 2.35. The minimum atomic E-state index is -1.04. The smallest absolute Gasteiger partial charge is 0.336 e. The summed E-state index contributed by atoms with van der Waals surface area (Å²) in [5, 5.41) is 12.1. The number of aryl methyl sites for hydroxylation is 2. The van der Waals surface area contributed by atoms with Crippen LogP contribution in [0.4, 0.5) is 5.69 Å². The van der Waals surface area contributed by atoms with Gasteiger partial charge in [0.05, 0.1) is 11.4 Å². The molecular weight excluding hydrogens is 364 g/mol. The Balaban J connectivity index is 1.80. The lowest BCUT2D eigenvalue weighted by Crippen LogP contribution is -2.44. The molecule has 1 unspecified atom stereocenters. The average molecular weight is 384 g/mol. The van der Waals surface area contributed by atoms with Crippen LogP contribution in [-0.4, -0.2) is 45.5 Å². The molecule has 2 aromatic carbocycles. The third-order valence-electron chi connectivity index (χ3n) is 4.53. The van der Waals surface area contributed by atoms with Gasteiger partial charge in [-0.1, -0.05) is 24.3 Å². The Morgan fingerprint density at radius 2 is 1.81 bits per heavy atom. The van der Waals surface area contributed by atoms with E-state index in [1.165, 1.54) is 17.8 Å². The van der Waals surface area contributed by atoms with E-state index in [4.69, 9.17) is 0 Å². The minimum Gasteiger partial charge on any atom is -0.478 e. The van der Waals surface area contributed by atoms with Crippen LogP contribution in [0.15, 0.2) is 42.5 Å². The molecule has 0 aliphatic carbocycles. The first kappa shape index (κ1) is 19.0. The van der Waals surface area contributed by atoms with Crippen LogP contribution in [0.2, 0.25) is 0 Å². The number of benzene rings is 2. The van der Waals surface area contributed by atoms with Crippen LogP contribution in [0.1, 0.15) is 31.8 Å². The number of amides is 2. The van der Waals surface area contributed by atoms with Crippen LogP contribution in [-0.2, 0) is 4.79 Å². The van der Waals surface area contributed by atoms with Crippen molar-refractivity contribution in [2.24, 2.45) is 0 Å². The number of carboxylic acids is 1. The predicted molar refractivity (Wildman–Crippen MR) is 105 cm³/mol. The second-order valence-electron chi connectivity index (χ2n) is 6.43. The summed E-state index contributed by atoms with van der Waals surface area (Å²) in [6, 6.07) is 11.5. The van der Waals surface area contributed by atoms with Gasteiger partial charge in [0.15, 0.2) is 0 Å². The van der Waals surface area contributed by atoms with Crippen LogP contribution < -0.4 is 5.32 Å². The van der Waals surface area contributed by atoms with Crippen molar-refractivity contribution >= 4 is 35.2 Å². The summed E-state index contributed by atoms with van der Waals surface area (Å²) < 4.78 is 0. The summed E-state index contributed by atoms with van der Waals surface area (Å²) in [7, 11) is 0. The Kier molecular flexibility index (Phi) is 5.51. The molecule has 7 heteroatoms. The third-order valence-corrected chi connectivity index (χ3v) is 5.54. The molecule has 0 radical (unpaired) electrons. The number of hydrogen-bond acceptors (Lipinski definition) is 4. The molecule has 0 spiro atoms. The van der Waals surface area contributed by atoms with Gasteiger partial charge in [0.1, 0.15) is 6.04 Å². The maximum Gasteiger partial charge on any atom is 0.336 e. The van der Waals surface area contributed by atoms with Crippen molar-refractivity contribution in [1.82, 2.24) is 4.90 Å². The van der Waals surface area contributed by atoms with Gasteiger partial charge in [-0.25, -0.2) is 4.79 Å². The van der Waals surface area contributed by atoms with Crippen LogP contribution in [0.25, 0.3) is 0 Å². The summed E-state index contributed by atoms with van der Waals surface area (Å²) in [6.07, 6.45) is 0. The Hall–Kier alpha value is -2.80. The standard InChI is InChI=1S/C20H20N2O4S/c1-12-8-13(2)16(9-15(12)20(25)26)21-18(23)17-10-27-11-22(17)19(24)14-6-4-3-5-7-14/h3-9,17H,10-11H2,1-2H3,(H,21,23)(H,25,26). The van der Waals surface area contributed by atoms with Crippen LogP contribution in [0.3, 0.4) is 0 Å². The number of aromatic carboxylic acids is 1. The van der Waals surface area contributed by atoms with E-state index in [0.717, 1.165) is 5.56 Å². The fourth-order valence-electron chi connectivity index (χ4n) is 3.04. The van der Waals surface area contributed by atoms with E-state index in [1.54, 1.807) is 42.2 Å². The van der Waals surface area contributed by atoms with Gasteiger partial charge in [0.2, 0.25) is 5.91 Å². The molecule has 1 aliphatic rings. The van der Waals surface area contributed by atoms with Crippen molar-refractivity contribution < 1.29 is 19.5 Å². The molecular formula is C20H20N2O4S. The van der Waals surface area contributed by atoms with E-state index in [2.05, 4.69) is 5.32 Å². The zero-order chi connectivity index (χ0) is 19.6. The SMILES string of the molecule is Cc1cc(C)c(C(=O)O)cc1NC(=O)C1CSCN1C(=O)c1ccccc1. The number of nitrogens with zero attached hydrogens (tertiary/aromatic N) is 1. The van der Waals surface area contributed by atoms with Gasteiger partial charge in [-0.3, -0.25) is 9.59 Å². The Morgan fingerprint density at radius 1 is 1.11 bits per heavy atom. The molecule has 2 aromatic rings. The molecule has 1 aliphatic heterocycles. The lowest BCUT2D eigenvalue weighted by Gasteiger charge is -2.23. The van der Waals surface area contributed by atoms with E-state index in [9.17, 15) is 19.5 Å². The number of nitrogens with one attached hydrogen (secondary N) is 1. The molecule has 0 saturated carbocycles. The van der Waals surface area contributed by atoms with E-state index < -0.39 is 12.0 Å². The van der Waals surface area contributed by atoms with Gasteiger partial charge in [0, 0.05) is 17.0 Å². The predicted octanol–water partition coefficient (Wildman–Crippen LogP) is 3.16. The lowest BCUT2D eigenvalue weighted by atomic mass is 10.0. The molecule has 27 heavy (non-hydrogen) atoms. The number of carbonyl (C=O) groups is 3. The number of hydrogen-bond donors (Lipinski definition) is 2. The Labute approximate surface area is 161 Å². The summed E-state index contributed by atoms with van der Waals surface area (Å²) in [5.41, 5.74) is 2.55. The highest BCUT2D eigenvalue weighted by atomic mass is 32.2. The molecule has 1 saturated heterocycles. The highest BCUT2D eigenvalue weighted by molar-refractivity contribution is 7.99. The number of anilines is 1. The van der Waals surface area contributed by atoms with E-state index in [-0.39, 0.29) is 17.4 Å². The maximum atomic E-state index is 12.8. The van der Waals surface area contributed by atoms with Crippen LogP contribution in [0.5, 0.6) is 0 Å². The van der Waals surface area contributed by atoms with E-state index in [1.807, 2.05) is 13.0 Å². The van der Waals surface area contributed by atoms with Crippen molar-refractivity contribution in [1.29, 1.82) is 0 Å². The normalized spacial score (nSPS) is 16.2. The van der Waals surface area contributed by atoms with Gasteiger partial charge in [0.25, 0.3) is 5.91 Å². The molecule has 6 nitrogen and oxygen atoms in total. The number of thioether (sulfide) groups is 1. The molecule has 2 N–H and O–H groups in total. The summed E-state index contributed by atoms with van der Waals surface area (Å²) in [4.78, 5) is 38.4. The largest absolute Gasteiger partial charge is 0.478 e. The average Bonchev–Trinajstić information content (AvgIpc) is 3.13. The molecule has 140 valence electrons. The molecule has 1 fully saturated rings. The van der Waals surface area contributed by atoms with Gasteiger partial charge in [-0.15, -0.1) is 11.8 Å². The van der Waals surface area contributed by atoms with Crippen molar-refractivity contribution in [3.8, 4) is 0 Å². The van der Waals surface area contributed by atoms with Crippen molar-refractivity contribution in [2.75, 3.05) is 16.9 Å². The van der Waals surface area contributed by atoms with E-state index >= 15 is 0 Å². The first-order valence-corrected chi connectivity index (χ1v) is 9.63. The molecule has 1 atom stereocenters. The molecule has 3 rings (SSSR count). The second kappa shape index (κ2) is 7.84. The minimum absolute atomic E-state index is 0.147. The fourth-order valence-corrected chi connectivity index (χ4v) is 4.19. The molecule has 0 aromatic heterocycles. The number of carboxylic acid groups (broad SMARTS) is 1. The Morgan fingerprint density at radius 3 is 2.48 bits per heavy atom. The third kappa shape index (κ3) is 3.98. The first-order valence-electron chi connectivity index (χ1n) is 8.47. The second-order valence-corrected chi connectivity index (χ2v) is 7.43. The zero-order valence-electron chi connectivity index (χ0n) is 15.1. The topological polar surface area (TPSA) is 86.7 Å². The van der Waals surface area contributed by atoms with Crippen LogP contribution in [0, 0.1) is 13.8 Å². The first-order chi connectivity index (χ1) is 12.9. The molecule has 2 amide bonds. The van der Waals surface area contributed by atoms with Gasteiger partial charge >= 0.3 is 5.97 Å². The Bertz CT molecular complexity index is 898. The summed E-state index contributed by atoms with van der Waals surface area (Å²) in [5.74, 6) is -0.597. The van der Waals surface area contributed by atoms with Gasteiger partial charge < -0.3 is 15.3 Å². The summed E-state index contributed by atoms with van der Waals surface area (Å²) in [6.45, 7) is 3.53. The maximum absolute atomic E-state index is 12.8. The molecule has 0 bridgehead atoms. The fraction of sp³-hybridized carbons (Fsp3) is 0.250. The van der Waals surface area contributed by atoms with Crippen molar-refractivity contribution in [3.63, 3.8) is 0 Å². The van der Waals surface area contributed by atoms with Gasteiger partial charge in [-0.05, 0) is 43.2 Å². The highest BCUT2D eigenvalue weighted by Crippen LogP contribution is 2.26. The quantitative estimate of drug-likeness (QED) is 0.846. The summed E-state index contributed by atoms with van der Waals surface area (Å²) >= 11 is 1.52. The van der Waals surface area contributed by atoms with Gasteiger partial charge in [-0.2, -0.15) is 0 Å². The van der Waals surface area contributed by atoms with Crippen LogP contribution >= 0.6 is 11.8 Å². The lowest BCUT2D eigenvalue weighted by molar-refractivity contribution is -0.119. The van der Waals surface area contributed by atoms with Crippen molar-refractivity contribution in [2.45, 2.75) is 19.9 Å². The zero-order valence-corrected chi connectivity index (χ0v) is 15.9. The molecule has 1 heterocycles. The number of rotatable bonds is 4.